The molecular formula is C27H28N2O8. The van der Waals surface area contributed by atoms with Crippen molar-refractivity contribution in [3.63, 3.8) is 0 Å². The highest BCUT2D eigenvalue weighted by Gasteiger charge is 2.28. The third-order valence-corrected chi connectivity index (χ3v) is 6.25. The second-order valence-electron chi connectivity index (χ2n) is 8.56. The smallest absolute Gasteiger partial charge is 0.343 e. The first-order chi connectivity index (χ1) is 17.8. The quantitative estimate of drug-likeness (QED) is 0.354. The Kier molecular flexibility index (Phi) is 7.66. The fraction of sp³-hybridized carbons (Fsp3) is 0.296. The number of hydrogen-bond acceptors (Lipinski definition) is 8. The van der Waals surface area contributed by atoms with Crippen molar-refractivity contribution in [1.82, 2.24) is 4.98 Å². The molecule has 3 aromatic rings. The number of carbonyl (C=O) groups is 2. The van der Waals surface area contributed by atoms with Gasteiger partial charge in [-0.3, -0.25) is 9.59 Å². The monoisotopic (exact) mass is 508 g/mol. The van der Waals surface area contributed by atoms with Gasteiger partial charge in [-0.1, -0.05) is 18.2 Å². The molecule has 0 radical (unpaired) electrons. The summed E-state index contributed by atoms with van der Waals surface area (Å²) in [6.07, 6.45) is 2.32. The summed E-state index contributed by atoms with van der Waals surface area (Å²) in [5.41, 5.74) is 7.14. The van der Waals surface area contributed by atoms with Gasteiger partial charge in [-0.2, -0.15) is 0 Å². The number of ether oxygens (including phenoxy) is 4. The van der Waals surface area contributed by atoms with Crippen LogP contribution in [-0.2, 0) is 22.4 Å². The molecule has 194 valence electrons. The van der Waals surface area contributed by atoms with E-state index < -0.39 is 29.1 Å². The fourth-order valence-electron chi connectivity index (χ4n) is 4.41. The lowest BCUT2D eigenvalue weighted by Gasteiger charge is -2.20. The van der Waals surface area contributed by atoms with Gasteiger partial charge in [-0.25, -0.2) is 4.79 Å². The molecule has 0 spiro atoms. The first kappa shape index (κ1) is 25.6. The molecule has 4 N–H and O–H groups in total. The van der Waals surface area contributed by atoms with Gasteiger partial charge in [-0.15, -0.1) is 0 Å². The molecule has 0 saturated carbocycles. The molecule has 37 heavy (non-hydrogen) atoms. The van der Waals surface area contributed by atoms with Crippen LogP contribution < -0.4 is 25.5 Å². The van der Waals surface area contributed by atoms with Crippen LogP contribution in [0.3, 0.4) is 0 Å². The number of methoxy groups -OCH3 is 2. The number of amides is 1. The van der Waals surface area contributed by atoms with Crippen LogP contribution in [0.15, 0.2) is 47.4 Å². The minimum Gasteiger partial charge on any atom is -0.506 e. The number of nitrogens with two attached hydrogens (primary N) is 1. The Bertz CT molecular complexity index is 1380. The van der Waals surface area contributed by atoms with Crippen LogP contribution in [0.25, 0.3) is 0 Å². The maximum Gasteiger partial charge on any atom is 0.343 e. The van der Waals surface area contributed by atoms with E-state index >= 15 is 0 Å². The number of rotatable bonds is 10. The first-order valence-electron chi connectivity index (χ1n) is 11.7. The number of pyridine rings is 1. The number of aromatic nitrogens is 1. The maximum absolute atomic E-state index is 12.7. The van der Waals surface area contributed by atoms with Gasteiger partial charge in [0.15, 0.2) is 11.5 Å². The number of benzene rings is 2. The topological polar surface area (TPSA) is 150 Å². The maximum atomic E-state index is 12.7. The van der Waals surface area contributed by atoms with E-state index in [9.17, 15) is 19.5 Å². The van der Waals surface area contributed by atoms with Gasteiger partial charge >= 0.3 is 5.97 Å². The molecular weight excluding hydrogens is 480 g/mol. The van der Waals surface area contributed by atoms with E-state index in [1.807, 2.05) is 12.1 Å². The number of esters is 1. The average Bonchev–Trinajstić information content (AvgIpc) is 3.35. The van der Waals surface area contributed by atoms with Crippen LogP contribution in [0.1, 0.15) is 45.0 Å². The van der Waals surface area contributed by atoms with E-state index in [0.717, 1.165) is 31.0 Å². The van der Waals surface area contributed by atoms with Gasteiger partial charge in [-0.05, 0) is 34.9 Å². The largest absolute Gasteiger partial charge is 0.506 e. The Morgan fingerprint density at radius 3 is 2.70 bits per heavy atom. The van der Waals surface area contributed by atoms with Crippen molar-refractivity contribution < 1.29 is 33.6 Å². The van der Waals surface area contributed by atoms with Crippen molar-refractivity contribution in [2.75, 3.05) is 27.4 Å². The molecule has 1 aliphatic rings. The summed E-state index contributed by atoms with van der Waals surface area (Å²) in [5.74, 6) is -1.32. The SMILES string of the molecule is COC(=O)c1c[nH]c(=O)c([C@H](CC(N)=O)c2ccc(OCCc3ccc4c(c3)CCO4)c(OC)c2)c1O. The molecule has 1 atom stereocenters. The van der Waals surface area contributed by atoms with Gasteiger partial charge in [0.1, 0.15) is 17.1 Å². The Morgan fingerprint density at radius 1 is 1.16 bits per heavy atom. The van der Waals surface area contributed by atoms with Gasteiger partial charge in [0.05, 0.1) is 33.0 Å². The zero-order valence-corrected chi connectivity index (χ0v) is 20.5. The molecule has 2 aromatic carbocycles. The van der Waals surface area contributed by atoms with E-state index in [2.05, 4.69) is 15.8 Å². The molecule has 0 fully saturated rings. The minimum atomic E-state index is -0.956. The van der Waals surface area contributed by atoms with Crippen LogP contribution in [0.5, 0.6) is 23.0 Å². The number of fused-ring (bicyclic) bond motifs is 1. The number of carbonyl (C=O) groups excluding carboxylic acids is 2. The van der Waals surface area contributed by atoms with E-state index in [1.54, 1.807) is 18.2 Å². The van der Waals surface area contributed by atoms with E-state index in [4.69, 9.17) is 19.9 Å². The molecule has 1 aliphatic heterocycles. The molecule has 4 rings (SSSR count). The molecule has 1 amide bonds. The van der Waals surface area contributed by atoms with Crippen LogP contribution in [0.2, 0.25) is 0 Å². The fourth-order valence-corrected chi connectivity index (χ4v) is 4.41. The summed E-state index contributed by atoms with van der Waals surface area (Å²) in [7, 11) is 2.62. The van der Waals surface area contributed by atoms with Crippen molar-refractivity contribution in [2.45, 2.75) is 25.2 Å². The molecule has 0 unspecified atom stereocenters. The van der Waals surface area contributed by atoms with E-state index in [1.165, 1.54) is 12.7 Å². The van der Waals surface area contributed by atoms with Gasteiger partial charge < -0.3 is 34.8 Å². The summed E-state index contributed by atoms with van der Waals surface area (Å²) in [4.78, 5) is 39.0. The number of aromatic hydroxyl groups is 1. The number of primary amides is 1. The second kappa shape index (κ2) is 11.1. The van der Waals surface area contributed by atoms with Crippen molar-refractivity contribution in [3.05, 3.63) is 80.8 Å². The summed E-state index contributed by atoms with van der Waals surface area (Å²) in [6.45, 7) is 1.09. The molecule has 1 aromatic heterocycles. The van der Waals surface area contributed by atoms with Gasteiger partial charge in [0.2, 0.25) is 5.91 Å². The zero-order chi connectivity index (χ0) is 26.5. The molecule has 0 saturated heterocycles. The molecule has 0 aliphatic carbocycles. The highest BCUT2D eigenvalue weighted by molar-refractivity contribution is 5.92. The lowest BCUT2D eigenvalue weighted by atomic mass is 9.87. The van der Waals surface area contributed by atoms with Gasteiger partial charge in [0.25, 0.3) is 5.56 Å². The molecule has 2 heterocycles. The zero-order valence-electron chi connectivity index (χ0n) is 20.5. The molecule has 10 nitrogen and oxygen atoms in total. The van der Waals surface area contributed by atoms with Crippen molar-refractivity contribution in [3.8, 4) is 23.0 Å². The van der Waals surface area contributed by atoms with Crippen molar-refractivity contribution in [2.24, 2.45) is 5.73 Å². The van der Waals surface area contributed by atoms with E-state index in [-0.39, 0.29) is 17.5 Å². The first-order valence-corrected chi connectivity index (χ1v) is 11.7. The summed E-state index contributed by atoms with van der Waals surface area (Å²) < 4.78 is 21.7. The molecule has 0 bridgehead atoms. The van der Waals surface area contributed by atoms with Gasteiger partial charge in [0, 0.05) is 31.4 Å². The lowest BCUT2D eigenvalue weighted by Crippen LogP contribution is -2.24. The van der Waals surface area contributed by atoms with Crippen LogP contribution >= 0.6 is 0 Å². The number of aromatic amines is 1. The van der Waals surface area contributed by atoms with E-state index in [0.29, 0.717) is 36.7 Å². The standard InChI is InChI=1S/C27H28N2O8/c1-34-22-12-16(4-6-21(22)37-9-7-15-3-5-20-17(11-15)8-10-36-20)18(13-23(28)30)24-25(31)19(27(33)35-2)14-29-26(24)32/h3-6,11-12,14,18H,7-10,13H2,1-2H3,(H2,28,30)(H2,29,31,32)/t18-/m1/s1. The Hall–Kier alpha value is -4.47. The Labute approximate surface area is 212 Å². The second-order valence-corrected chi connectivity index (χ2v) is 8.56. The predicted molar refractivity (Wildman–Crippen MR) is 134 cm³/mol. The lowest BCUT2D eigenvalue weighted by molar-refractivity contribution is -0.118. The van der Waals surface area contributed by atoms with Crippen LogP contribution in [0, 0.1) is 0 Å². The molecule has 10 heteroatoms. The third kappa shape index (κ3) is 5.53. The average molecular weight is 509 g/mol. The number of hydrogen-bond donors (Lipinski definition) is 3. The highest BCUT2D eigenvalue weighted by Crippen LogP contribution is 2.37. The van der Waals surface area contributed by atoms with Crippen LogP contribution in [0.4, 0.5) is 0 Å². The van der Waals surface area contributed by atoms with Crippen molar-refractivity contribution >= 4 is 11.9 Å². The summed E-state index contributed by atoms with van der Waals surface area (Å²) in [6, 6.07) is 11.0. The minimum absolute atomic E-state index is 0.182. The Morgan fingerprint density at radius 2 is 1.97 bits per heavy atom. The normalized spacial score (nSPS) is 12.8. The predicted octanol–water partition coefficient (Wildman–Crippen LogP) is 2.44. The summed E-state index contributed by atoms with van der Waals surface area (Å²) in [5, 5.41) is 10.7. The number of nitrogens with one attached hydrogen (secondary N) is 1. The Balaban J connectivity index is 1.59. The number of H-pyrrole nitrogens is 1. The summed E-state index contributed by atoms with van der Waals surface area (Å²) >= 11 is 0. The third-order valence-electron chi connectivity index (χ3n) is 6.25. The van der Waals surface area contributed by atoms with Crippen LogP contribution in [-0.4, -0.2) is 49.4 Å². The highest BCUT2D eigenvalue weighted by atomic mass is 16.5. The van der Waals surface area contributed by atoms with Crippen molar-refractivity contribution in [1.29, 1.82) is 0 Å².